The number of carbonyl (C=O) groups excluding carboxylic acids is 1. The summed E-state index contributed by atoms with van der Waals surface area (Å²) in [6.07, 6.45) is 0.298. The van der Waals surface area contributed by atoms with Crippen molar-refractivity contribution >= 4 is 22.8 Å². The van der Waals surface area contributed by atoms with Gasteiger partial charge >= 0.3 is 6.09 Å². The van der Waals surface area contributed by atoms with E-state index in [1.807, 2.05) is 28.8 Å². The van der Waals surface area contributed by atoms with Gasteiger partial charge in [0.2, 0.25) is 0 Å². The average molecular weight is 371 g/mol. The summed E-state index contributed by atoms with van der Waals surface area (Å²) in [6.45, 7) is 5.03. The van der Waals surface area contributed by atoms with Crippen LogP contribution in [0.5, 0.6) is 0 Å². The molecule has 2 N–H and O–H groups in total. The molecule has 6 nitrogen and oxygen atoms in total. The minimum Gasteiger partial charge on any atom is -0.444 e. The molecule has 1 amide bonds. The minimum absolute atomic E-state index is 0.0223. The number of rotatable bonds is 4. The molecular weight excluding hydrogens is 349 g/mol. The lowest BCUT2D eigenvalue weighted by Crippen LogP contribution is -2.34. The van der Waals surface area contributed by atoms with Gasteiger partial charge in [0.25, 0.3) is 0 Å². The zero-order valence-electron chi connectivity index (χ0n) is 15.4. The SMILES string of the molecule is CC(C)(C)OC(=O)NCC(=CF)C(O)c1ccc2nc3ccccn3c2c1. The number of benzene rings is 1. The summed E-state index contributed by atoms with van der Waals surface area (Å²) < 4.78 is 20.4. The van der Waals surface area contributed by atoms with Crippen molar-refractivity contribution < 1.29 is 19.0 Å². The number of alkyl carbamates (subject to hydrolysis) is 1. The third-order valence-corrected chi connectivity index (χ3v) is 3.98. The Labute approximate surface area is 156 Å². The van der Waals surface area contributed by atoms with Gasteiger partial charge < -0.3 is 15.2 Å². The number of pyridine rings is 1. The Morgan fingerprint density at radius 2 is 2.15 bits per heavy atom. The van der Waals surface area contributed by atoms with Gasteiger partial charge in [-0.3, -0.25) is 4.40 Å². The first kappa shape index (κ1) is 18.8. The number of aliphatic hydroxyl groups is 1. The largest absolute Gasteiger partial charge is 0.444 e. The van der Waals surface area contributed by atoms with Crippen LogP contribution in [0.25, 0.3) is 16.7 Å². The second-order valence-corrected chi connectivity index (χ2v) is 7.23. The molecule has 1 aromatic carbocycles. The van der Waals surface area contributed by atoms with E-state index in [2.05, 4.69) is 10.3 Å². The predicted octanol–water partition coefficient (Wildman–Crippen LogP) is 3.90. The Hall–Kier alpha value is -2.93. The molecule has 0 aliphatic carbocycles. The number of aromatic nitrogens is 2. The van der Waals surface area contributed by atoms with E-state index in [4.69, 9.17) is 4.74 Å². The molecule has 0 radical (unpaired) electrons. The second kappa shape index (κ2) is 7.36. The molecule has 0 saturated carbocycles. The van der Waals surface area contributed by atoms with E-state index in [-0.39, 0.29) is 12.1 Å². The fourth-order valence-electron chi connectivity index (χ4n) is 2.75. The lowest BCUT2D eigenvalue weighted by Gasteiger charge is -2.21. The maximum atomic E-state index is 13.4. The molecule has 0 saturated heterocycles. The number of nitrogens with one attached hydrogen (secondary N) is 1. The van der Waals surface area contributed by atoms with E-state index in [0.29, 0.717) is 11.9 Å². The summed E-state index contributed by atoms with van der Waals surface area (Å²) >= 11 is 0. The number of aliphatic hydroxyl groups excluding tert-OH is 1. The summed E-state index contributed by atoms with van der Waals surface area (Å²) in [5.41, 5.74) is 2.23. The fourth-order valence-corrected chi connectivity index (χ4v) is 2.75. The van der Waals surface area contributed by atoms with Gasteiger partial charge in [0, 0.05) is 18.3 Å². The van der Waals surface area contributed by atoms with Gasteiger partial charge in [-0.1, -0.05) is 12.1 Å². The van der Waals surface area contributed by atoms with Crippen LogP contribution in [0.15, 0.2) is 54.5 Å². The molecular formula is C20H22FN3O3. The standard InChI is InChI=1S/C20H22FN3O3/c1-20(2,3)27-19(26)22-12-14(11-21)18(25)13-7-8-15-16(10-13)24-9-5-4-6-17(24)23-15/h4-11,18,25H,12H2,1-3H3,(H,22,26). The first-order valence-electron chi connectivity index (χ1n) is 8.59. The first-order chi connectivity index (χ1) is 12.8. The zero-order valence-corrected chi connectivity index (χ0v) is 15.4. The Balaban J connectivity index is 1.80. The third kappa shape index (κ3) is 4.25. The van der Waals surface area contributed by atoms with Gasteiger partial charge in [-0.15, -0.1) is 0 Å². The summed E-state index contributed by atoms with van der Waals surface area (Å²) in [5.74, 6) is 0. The number of fused-ring (bicyclic) bond motifs is 3. The van der Waals surface area contributed by atoms with E-state index >= 15 is 0 Å². The molecule has 1 unspecified atom stereocenters. The van der Waals surface area contributed by atoms with E-state index in [1.54, 1.807) is 39.0 Å². The Kier molecular flexibility index (Phi) is 5.14. The van der Waals surface area contributed by atoms with Gasteiger partial charge in [-0.2, -0.15) is 0 Å². The van der Waals surface area contributed by atoms with Crippen molar-refractivity contribution in [3.05, 3.63) is 60.1 Å². The highest BCUT2D eigenvalue weighted by Crippen LogP contribution is 2.26. The molecule has 2 aromatic heterocycles. The van der Waals surface area contributed by atoms with Crippen LogP contribution in [0.2, 0.25) is 0 Å². The first-order valence-corrected chi connectivity index (χ1v) is 8.59. The number of carbonyl (C=O) groups is 1. The Morgan fingerprint density at radius 1 is 1.37 bits per heavy atom. The lowest BCUT2D eigenvalue weighted by molar-refractivity contribution is 0.0529. The van der Waals surface area contributed by atoms with Gasteiger partial charge in [0.05, 0.1) is 17.4 Å². The van der Waals surface area contributed by atoms with Gasteiger partial charge in [0.15, 0.2) is 0 Å². The van der Waals surface area contributed by atoms with Crippen LogP contribution in [0.3, 0.4) is 0 Å². The van der Waals surface area contributed by atoms with E-state index in [9.17, 15) is 14.3 Å². The van der Waals surface area contributed by atoms with Gasteiger partial charge in [-0.25, -0.2) is 14.2 Å². The molecule has 0 bridgehead atoms. The maximum absolute atomic E-state index is 13.4. The smallest absolute Gasteiger partial charge is 0.407 e. The topological polar surface area (TPSA) is 75.9 Å². The van der Waals surface area contributed by atoms with E-state index in [1.165, 1.54) is 0 Å². The van der Waals surface area contributed by atoms with Crippen LogP contribution in [-0.2, 0) is 4.74 Å². The summed E-state index contributed by atoms with van der Waals surface area (Å²) in [4.78, 5) is 16.2. The quantitative estimate of drug-likeness (QED) is 0.729. The van der Waals surface area contributed by atoms with Crippen molar-refractivity contribution in [1.29, 1.82) is 0 Å². The van der Waals surface area contributed by atoms with Crippen molar-refractivity contribution in [3.8, 4) is 0 Å². The highest BCUT2D eigenvalue weighted by atomic mass is 19.1. The number of hydrogen-bond donors (Lipinski definition) is 2. The normalized spacial score (nSPS) is 13.7. The van der Waals surface area contributed by atoms with Crippen molar-refractivity contribution in [1.82, 2.24) is 14.7 Å². The van der Waals surface area contributed by atoms with Crippen LogP contribution in [0, 0.1) is 0 Å². The number of ether oxygens (including phenoxy) is 1. The van der Waals surface area contributed by atoms with Crippen molar-refractivity contribution in [2.45, 2.75) is 32.5 Å². The third-order valence-electron chi connectivity index (χ3n) is 3.98. The molecule has 0 aliphatic rings. The van der Waals surface area contributed by atoms with Crippen molar-refractivity contribution in [2.75, 3.05) is 6.54 Å². The number of imidazole rings is 1. The highest BCUT2D eigenvalue weighted by Gasteiger charge is 2.19. The molecule has 0 fully saturated rings. The minimum atomic E-state index is -1.21. The molecule has 0 aliphatic heterocycles. The molecule has 142 valence electrons. The Bertz CT molecular complexity index is 1000. The monoisotopic (exact) mass is 371 g/mol. The van der Waals surface area contributed by atoms with Crippen LogP contribution in [0.1, 0.15) is 32.4 Å². The van der Waals surface area contributed by atoms with Crippen LogP contribution in [-0.4, -0.2) is 32.7 Å². The molecule has 1 atom stereocenters. The van der Waals surface area contributed by atoms with Crippen molar-refractivity contribution in [3.63, 3.8) is 0 Å². The van der Waals surface area contributed by atoms with Crippen LogP contribution in [0.4, 0.5) is 9.18 Å². The molecule has 0 spiro atoms. The second-order valence-electron chi connectivity index (χ2n) is 7.23. The highest BCUT2D eigenvalue weighted by molar-refractivity contribution is 5.81. The van der Waals surface area contributed by atoms with Gasteiger partial charge in [-0.05, 0) is 50.6 Å². The van der Waals surface area contributed by atoms with E-state index in [0.717, 1.165) is 16.7 Å². The lowest BCUT2D eigenvalue weighted by atomic mass is 10.0. The van der Waals surface area contributed by atoms with Gasteiger partial charge in [0.1, 0.15) is 17.4 Å². The summed E-state index contributed by atoms with van der Waals surface area (Å²) in [7, 11) is 0. The summed E-state index contributed by atoms with van der Waals surface area (Å²) in [5, 5.41) is 13.0. The Morgan fingerprint density at radius 3 is 2.85 bits per heavy atom. The number of halogens is 1. The van der Waals surface area contributed by atoms with Crippen LogP contribution < -0.4 is 5.32 Å². The maximum Gasteiger partial charge on any atom is 0.407 e. The van der Waals surface area contributed by atoms with E-state index < -0.39 is 17.8 Å². The van der Waals surface area contributed by atoms with Crippen molar-refractivity contribution in [2.24, 2.45) is 0 Å². The molecule has 3 aromatic rings. The number of hydrogen-bond acceptors (Lipinski definition) is 4. The summed E-state index contributed by atoms with van der Waals surface area (Å²) in [6, 6.07) is 10.9. The number of amides is 1. The fraction of sp³-hybridized carbons (Fsp3) is 0.300. The van der Waals surface area contributed by atoms with Crippen LogP contribution >= 0.6 is 0 Å². The zero-order chi connectivity index (χ0) is 19.6. The number of nitrogens with zero attached hydrogens (tertiary/aromatic N) is 2. The predicted molar refractivity (Wildman–Crippen MR) is 101 cm³/mol. The molecule has 2 heterocycles. The molecule has 7 heteroatoms. The molecule has 3 rings (SSSR count). The molecule has 27 heavy (non-hydrogen) atoms. The average Bonchev–Trinajstić information content (AvgIpc) is 2.98.